The number of benzene rings is 2. The molecule has 7 heteroatoms. The zero-order valence-electron chi connectivity index (χ0n) is 38.4. The SMILES string of the molecule is CC1CCC2C(C)(C)C2(Oc2ccc(S(=O)(=O)c3ccc(OC45CC(C)CCC4C5(C)C)c(OC45CC(C)CCC4C5(C)C)c3)cc2OC23CC(C)CCC2C3(C)C)C1. The molecule has 324 valence electrons. The molecule has 59 heavy (non-hydrogen) atoms. The number of rotatable bonds is 10. The van der Waals surface area contributed by atoms with Crippen LogP contribution in [0.4, 0.5) is 0 Å². The molecule has 8 saturated carbocycles. The fourth-order valence-corrected chi connectivity index (χ4v) is 16.8. The quantitative estimate of drug-likeness (QED) is 0.238. The number of hydrogen-bond acceptors (Lipinski definition) is 6. The summed E-state index contributed by atoms with van der Waals surface area (Å²) < 4.78 is 59.3. The van der Waals surface area contributed by atoms with Gasteiger partial charge in [0.15, 0.2) is 23.0 Å². The van der Waals surface area contributed by atoms with Gasteiger partial charge in [0, 0.05) is 57.5 Å². The average Bonchev–Trinajstić information content (AvgIpc) is 4.05. The molecule has 0 amide bonds. The van der Waals surface area contributed by atoms with Gasteiger partial charge in [-0.1, -0.05) is 109 Å². The number of hydrogen-bond donors (Lipinski definition) is 0. The third kappa shape index (κ3) is 5.42. The third-order valence-corrected chi connectivity index (χ3v) is 21.5. The molecule has 0 spiro atoms. The van der Waals surface area contributed by atoms with Crippen molar-refractivity contribution in [2.45, 2.75) is 192 Å². The van der Waals surface area contributed by atoms with Crippen LogP contribution in [0.1, 0.15) is 160 Å². The lowest BCUT2D eigenvalue weighted by Crippen LogP contribution is -2.33. The fourth-order valence-electron chi connectivity index (χ4n) is 15.5. The van der Waals surface area contributed by atoms with E-state index in [1.807, 2.05) is 12.1 Å². The molecule has 0 heterocycles. The molecule has 2 aromatic carbocycles. The van der Waals surface area contributed by atoms with Crippen LogP contribution in [0.15, 0.2) is 46.2 Å². The topological polar surface area (TPSA) is 71.1 Å². The Morgan fingerprint density at radius 2 is 0.661 bits per heavy atom. The zero-order valence-corrected chi connectivity index (χ0v) is 39.2. The van der Waals surface area contributed by atoms with Crippen LogP contribution in [0.5, 0.6) is 23.0 Å². The van der Waals surface area contributed by atoms with Crippen molar-refractivity contribution in [3.8, 4) is 23.0 Å². The predicted octanol–water partition coefficient (Wildman–Crippen LogP) is 12.9. The van der Waals surface area contributed by atoms with Crippen molar-refractivity contribution in [2.24, 2.45) is 69.0 Å². The molecule has 6 nitrogen and oxygen atoms in total. The van der Waals surface area contributed by atoms with Crippen molar-refractivity contribution in [3.63, 3.8) is 0 Å². The molecule has 0 aliphatic heterocycles. The summed E-state index contributed by atoms with van der Waals surface area (Å²) in [5, 5.41) is 0. The number of fused-ring (bicyclic) bond motifs is 4. The van der Waals surface area contributed by atoms with E-state index in [9.17, 15) is 0 Å². The van der Waals surface area contributed by atoms with Gasteiger partial charge in [0.2, 0.25) is 9.84 Å². The summed E-state index contributed by atoms with van der Waals surface area (Å²) in [4.78, 5) is 0.459. The molecule has 12 unspecified atom stereocenters. The molecule has 0 saturated heterocycles. The van der Waals surface area contributed by atoms with Crippen molar-refractivity contribution >= 4 is 9.84 Å². The van der Waals surface area contributed by atoms with Crippen molar-refractivity contribution in [1.82, 2.24) is 0 Å². The van der Waals surface area contributed by atoms with E-state index in [0.717, 1.165) is 51.4 Å². The normalized spacial score (nSPS) is 43.7. The second-order valence-corrected chi connectivity index (χ2v) is 26.3. The zero-order chi connectivity index (χ0) is 42.1. The molecule has 0 bridgehead atoms. The van der Waals surface area contributed by atoms with E-state index in [-0.39, 0.29) is 53.9 Å². The number of ether oxygens (including phenoxy) is 4. The molecule has 8 aliphatic carbocycles. The first-order chi connectivity index (χ1) is 27.5. The van der Waals surface area contributed by atoms with E-state index in [1.54, 1.807) is 24.3 Å². The molecule has 0 N–H and O–H groups in total. The summed E-state index contributed by atoms with van der Waals surface area (Å²) in [6.07, 6.45) is 13.4. The monoisotopic (exact) mass is 827 g/mol. The van der Waals surface area contributed by atoms with Crippen LogP contribution in [-0.2, 0) is 9.84 Å². The highest BCUT2D eigenvalue weighted by Crippen LogP contribution is 2.75. The summed E-state index contributed by atoms with van der Waals surface area (Å²) in [7, 11) is -4.00. The molecular formula is C52H74O6S. The third-order valence-electron chi connectivity index (χ3n) is 19.8. The van der Waals surface area contributed by atoms with Crippen LogP contribution >= 0.6 is 0 Å². The van der Waals surface area contributed by atoms with E-state index in [2.05, 4.69) is 83.1 Å². The lowest BCUT2D eigenvalue weighted by molar-refractivity contribution is 0.0573. The fraction of sp³-hybridized carbons (Fsp3) is 0.769. The Hall–Kier alpha value is -2.41. The smallest absolute Gasteiger partial charge is 0.206 e. The minimum Gasteiger partial charge on any atom is -0.482 e. The summed E-state index contributed by atoms with van der Waals surface area (Å²) in [6, 6.07) is 10.9. The van der Waals surface area contributed by atoms with Crippen LogP contribution in [0.3, 0.4) is 0 Å². The lowest BCUT2D eigenvalue weighted by Gasteiger charge is -2.33. The van der Waals surface area contributed by atoms with Gasteiger partial charge in [-0.2, -0.15) is 0 Å². The van der Waals surface area contributed by atoms with Crippen LogP contribution in [0, 0.1) is 69.0 Å². The van der Waals surface area contributed by atoms with Gasteiger partial charge in [-0.15, -0.1) is 0 Å². The molecule has 0 aromatic heterocycles. The van der Waals surface area contributed by atoms with Gasteiger partial charge in [-0.25, -0.2) is 8.42 Å². The standard InChI is InChI=1S/C52H74O6S/c1-31-13-21-41-45(5,6)49(41,27-31)55-37-19-17-35(25-39(37)57-51-29-33(3)15-23-43(51)47(51,9)10)59(53,54)36-18-20-38(56-50-28-32(2)14-22-42(50)46(50,7)8)40(26-36)58-52-30-34(4)16-24-44(52)48(52,11)12/h17-20,25-26,31-34,41-44H,13-16,21-24,27-30H2,1-12H3. The van der Waals surface area contributed by atoms with Crippen molar-refractivity contribution in [1.29, 1.82) is 0 Å². The van der Waals surface area contributed by atoms with E-state index in [0.29, 0.717) is 70.3 Å². The van der Waals surface area contributed by atoms with Gasteiger partial charge in [0.05, 0.1) is 9.79 Å². The van der Waals surface area contributed by atoms with E-state index >= 15 is 8.42 Å². The van der Waals surface area contributed by atoms with E-state index in [4.69, 9.17) is 18.9 Å². The summed E-state index contributed by atoms with van der Waals surface area (Å²) >= 11 is 0. The first kappa shape index (κ1) is 40.6. The molecule has 10 rings (SSSR count). The van der Waals surface area contributed by atoms with Crippen molar-refractivity contribution in [3.05, 3.63) is 36.4 Å². The minimum absolute atomic E-state index is 0.000244. The molecule has 12 atom stereocenters. The Kier molecular flexibility index (Phi) is 8.54. The average molecular weight is 827 g/mol. The van der Waals surface area contributed by atoms with Crippen LogP contribution in [0.25, 0.3) is 0 Å². The van der Waals surface area contributed by atoms with Gasteiger partial charge in [-0.05, 0) is 99.3 Å². The van der Waals surface area contributed by atoms with Gasteiger partial charge in [-0.3, -0.25) is 0 Å². The number of sulfone groups is 1. The Balaban J connectivity index is 1.04. The van der Waals surface area contributed by atoms with Crippen LogP contribution in [-0.4, -0.2) is 30.8 Å². The van der Waals surface area contributed by atoms with Crippen LogP contribution in [0.2, 0.25) is 0 Å². The lowest BCUT2D eigenvalue weighted by atomic mass is 9.88. The van der Waals surface area contributed by atoms with Gasteiger partial charge >= 0.3 is 0 Å². The second-order valence-electron chi connectivity index (χ2n) is 24.3. The Morgan fingerprint density at radius 1 is 0.407 bits per heavy atom. The van der Waals surface area contributed by atoms with Gasteiger partial charge in [0.25, 0.3) is 0 Å². The Bertz CT molecular complexity index is 2020. The maximum absolute atomic E-state index is 15.1. The maximum atomic E-state index is 15.1. The largest absolute Gasteiger partial charge is 0.482 e. The summed E-state index contributed by atoms with van der Waals surface area (Å²) in [6.45, 7) is 28.1. The van der Waals surface area contributed by atoms with Crippen molar-refractivity contribution in [2.75, 3.05) is 0 Å². The van der Waals surface area contributed by atoms with Crippen LogP contribution < -0.4 is 18.9 Å². The first-order valence-electron chi connectivity index (χ1n) is 23.8. The summed E-state index contributed by atoms with van der Waals surface area (Å²) in [5.41, 5.74) is -1.11. The first-order valence-corrected chi connectivity index (χ1v) is 25.3. The van der Waals surface area contributed by atoms with E-state index in [1.165, 1.54) is 25.7 Å². The summed E-state index contributed by atoms with van der Waals surface area (Å²) in [5.74, 6) is 6.60. The molecule has 2 aromatic rings. The van der Waals surface area contributed by atoms with Gasteiger partial charge < -0.3 is 18.9 Å². The van der Waals surface area contributed by atoms with Crippen molar-refractivity contribution < 1.29 is 27.4 Å². The molecule has 8 aliphatic rings. The van der Waals surface area contributed by atoms with Gasteiger partial charge in [0.1, 0.15) is 22.4 Å². The van der Waals surface area contributed by atoms with E-state index < -0.39 is 9.84 Å². The minimum atomic E-state index is -4.00. The molecule has 8 fully saturated rings. The predicted molar refractivity (Wildman–Crippen MR) is 233 cm³/mol. The Morgan fingerprint density at radius 3 is 0.932 bits per heavy atom. The maximum Gasteiger partial charge on any atom is 0.206 e. The highest BCUT2D eigenvalue weighted by molar-refractivity contribution is 7.91. The molecular weight excluding hydrogens is 753 g/mol. The Labute approximate surface area is 356 Å². The molecule has 0 radical (unpaired) electrons. The highest BCUT2D eigenvalue weighted by Gasteiger charge is 2.78. The highest BCUT2D eigenvalue weighted by atomic mass is 32.2. The second kappa shape index (κ2) is 12.4.